The van der Waals surface area contributed by atoms with Crippen molar-refractivity contribution >= 4 is 5.91 Å². The van der Waals surface area contributed by atoms with Gasteiger partial charge in [-0.15, -0.1) is 0 Å². The van der Waals surface area contributed by atoms with E-state index < -0.39 is 0 Å². The average Bonchev–Trinajstić information content (AvgIpc) is 1.99. The first kappa shape index (κ1) is 14.4. The summed E-state index contributed by atoms with van der Waals surface area (Å²) in [5.74, 6) is 0.0204. The Hall–Kier alpha value is -0.610. The van der Waals surface area contributed by atoms with E-state index in [2.05, 4.69) is 10.6 Å². The highest BCUT2D eigenvalue weighted by atomic mass is 16.5. The van der Waals surface area contributed by atoms with E-state index in [4.69, 9.17) is 4.74 Å². The zero-order chi connectivity index (χ0) is 11.9. The molecule has 0 radical (unpaired) electrons. The molecular weight excluding hydrogens is 192 g/mol. The van der Waals surface area contributed by atoms with E-state index in [9.17, 15) is 4.79 Å². The highest BCUT2D eigenvalue weighted by Crippen LogP contribution is 1.96. The van der Waals surface area contributed by atoms with Crippen molar-refractivity contribution in [2.75, 3.05) is 19.7 Å². The molecule has 1 amide bonds. The van der Waals surface area contributed by atoms with Crippen LogP contribution in [0.3, 0.4) is 0 Å². The molecule has 4 heteroatoms. The fourth-order valence-electron chi connectivity index (χ4n) is 1.03. The minimum Gasteiger partial charge on any atom is -0.377 e. The van der Waals surface area contributed by atoms with Gasteiger partial charge in [0, 0.05) is 12.1 Å². The second kappa shape index (κ2) is 6.80. The molecule has 0 heterocycles. The minimum atomic E-state index is -0.160. The van der Waals surface area contributed by atoms with Crippen LogP contribution in [-0.4, -0.2) is 37.2 Å². The predicted octanol–water partition coefficient (Wildman–Crippen LogP) is 0.916. The quantitative estimate of drug-likeness (QED) is 0.649. The van der Waals surface area contributed by atoms with Crippen molar-refractivity contribution in [3.8, 4) is 0 Å². The summed E-state index contributed by atoms with van der Waals surface area (Å²) >= 11 is 0. The Morgan fingerprint density at radius 1 is 1.33 bits per heavy atom. The zero-order valence-electron chi connectivity index (χ0n) is 10.5. The number of rotatable bonds is 6. The van der Waals surface area contributed by atoms with Gasteiger partial charge in [-0.2, -0.15) is 0 Å². The van der Waals surface area contributed by atoms with E-state index in [1.165, 1.54) is 0 Å². The van der Waals surface area contributed by atoms with Crippen molar-refractivity contribution in [2.24, 2.45) is 0 Å². The maximum absolute atomic E-state index is 11.3. The Labute approximate surface area is 92.8 Å². The molecule has 0 fully saturated rings. The van der Waals surface area contributed by atoms with E-state index in [0.717, 1.165) is 0 Å². The van der Waals surface area contributed by atoms with Crippen molar-refractivity contribution in [3.63, 3.8) is 0 Å². The number of hydrogen-bond acceptors (Lipinski definition) is 3. The molecule has 0 aliphatic heterocycles. The number of hydrogen-bond donors (Lipinski definition) is 2. The van der Waals surface area contributed by atoms with Gasteiger partial charge >= 0.3 is 0 Å². The van der Waals surface area contributed by atoms with Crippen molar-refractivity contribution in [1.82, 2.24) is 10.6 Å². The first-order chi connectivity index (χ1) is 6.81. The Bertz CT molecular complexity index is 186. The molecule has 0 saturated carbocycles. The van der Waals surface area contributed by atoms with Gasteiger partial charge in [0.25, 0.3) is 0 Å². The molecule has 0 atom stereocenters. The van der Waals surface area contributed by atoms with E-state index in [-0.39, 0.29) is 17.6 Å². The number of carbonyl (C=O) groups is 1. The lowest BCUT2D eigenvalue weighted by Crippen LogP contribution is -2.45. The van der Waals surface area contributed by atoms with Gasteiger partial charge in [0.05, 0.1) is 19.3 Å². The molecule has 0 spiro atoms. The summed E-state index contributed by atoms with van der Waals surface area (Å²) < 4.78 is 5.33. The van der Waals surface area contributed by atoms with Crippen LogP contribution < -0.4 is 10.6 Å². The molecule has 0 bridgehead atoms. The van der Waals surface area contributed by atoms with Crippen LogP contribution in [-0.2, 0) is 9.53 Å². The highest BCUT2D eigenvalue weighted by molar-refractivity contribution is 5.78. The Balaban J connectivity index is 3.40. The lowest BCUT2D eigenvalue weighted by molar-refractivity contribution is -0.121. The average molecular weight is 216 g/mol. The third kappa shape index (κ3) is 11.3. The molecule has 0 rings (SSSR count). The van der Waals surface area contributed by atoms with E-state index in [0.29, 0.717) is 19.7 Å². The topological polar surface area (TPSA) is 50.4 Å². The van der Waals surface area contributed by atoms with Gasteiger partial charge in [0.1, 0.15) is 0 Å². The maximum atomic E-state index is 11.3. The number of ether oxygens (including phenoxy) is 1. The van der Waals surface area contributed by atoms with Crippen molar-refractivity contribution < 1.29 is 9.53 Å². The van der Waals surface area contributed by atoms with Crippen molar-refractivity contribution in [2.45, 2.75) is 46.3 Å². The van der Waals surface area contributed by atoms with E-state index in [1.54, 1.807) is 0 Å². The summed E-state index contributed by atoms with van der Waals surface area (Å²) in [6, 6.07) is 0. The largest absolute Gasteiger partial charge is 0.377 e. The molecule has 90 valence electrons. The molecule has 2 N–H and O–H groups in total. The molecule has 0 unspecified atom stereocenters. The molecule has 0 aliphatic rings. The van der Waals surface area contributed by atoms with Crippen LogP contribution in [0.4, 0.5) is 0 Å². The first-order valence-electron chi connectivity index (χ1n) is 5.44. The van der Waals surface area contributed by atoms with Crippen LogP contribution in [0, 0.1) is 0 Å². The molecule has 0 aromatic carbocycles. The second-order valence-electron chi connectivity index (χ2n) is 4.89. The second-order valence-corrected chi connectivity index (χ2v) is 4.89. The standard InChI is InChI=1S/C11H24N2O2/c1-9(2)15-7-6-12-8-10(14)13-11(3,4)5/h9,12H,6-8H2,1-5H3,(H,13,14). The van der Waals surface area contributed by atoms with Gasteiger partial charge in [-0.3, -0.25) is 4.79 Å². The normalized spacial score (nSPS) is 11.9. The smallest absolute Gasteiger partial charge is 0.234 e. The molecule has 4 nitrogen and oxygen atoms in total. The monoisotopic (exact) mass is 216 g/mol. The van der Waals surface area contributed by atoms with Gasteiger partial charge in [-0.05, 0) is 34.6 Å². The predicted molar refractivity (Wildman–Crippen MR) is 61.9 cm³/mol. The molecular formula is C11H24N2O2. The SMILES string of the molecule is CC(C)OCCNCC(=O)NC(C)(C)C. The summed E-state index contributed by atoms with van der Waals surface area (Å²) in [6.45, 7) is 11.6. The highest BCUT2D eigenvalue weighted by Gasteiger charge is 2.12. The third-order valence-electron chi connectivity index (χ3n) is 1.53. The summed E-state index contributed by atoms with van der Waals surface area (Å²) in [5, 5.41) is 5.90. The minimum absolute atomic E-state index is 0.0204. The molecule has 15 heavy (non-hydrogen) atoms. The molecule has 0 aliphatic carbocycles. The van der Waals surface area contributed by atoms with Crippen LogP contribution in [0.15, 0.2) is 0 Å². The lowest BCUT2D eigenvalue weighted by atomic mass is 10.1. The molecule has 0 saturated heterocycles. The lowest BCUT2D eigenvalue weighted by Gasteiger charge is -2.20. The van der Waals surface area contributed by atoms with Crippen LogP contribution >= 0.6 is 0 Å². The van der Waals surface area contributed by atoms with Crippen LogP contribution in [0.25, 0.3) is 0 Å². The van der Waals surface area contributed by atoms with Crippen LogP contribution in [0.5, 0.6) is 0 Å². The third-order valence-corrected chi connectivity index (χ3v) is 1.53. The maximum Gasteiger partial charge on any atom is 0.234 e. The molecule has 0 aromatic rings. The van der Waals surface area contributed by atoms with Gasteiger partial charge in [0.2, 0.25) is 5.91 Å². The van der Waals surface area contributed by atoms with Crippen molar-refractivity contribution in [1.29, 1.82) is 0 Å². The Morgan fingerprint density at radius 2 is 1.93 bits per heavy atom. The number of amides is 1. The Morgan fingerprint density at radius 3 is 2.40 bits per heavy atom. The van der Waals surface area contributed by atoms with Crippen LogP contribution in [0.1, 0.15) is 34.6 Å². The summed E-state index contributed by atoms with van der Waals surface area (Å²) in [4.78, 5) is 11.3. The summed E-state index contributed by atoms with van der Waals surface area (Å²) in [5.41, 5.74) is -0.160. The van der Waals surface area contributed by atoms with Crippen LogP contribution in [0.2, 0.25) is 0 Å². The number of carbonyl (C=O) groups excluding carboxylic acids is 1. The fourth-order valence-corrected chi connectivity index (χ4v) is 1.03. The Kier molecular flexibility index (Phi) is 6.52. The molecule has 0 aromatic heterocycles. The van der Waals surface area contributed by atoms with Gasteiger partial charge in [-0.25, -0.2) is 0 Å². The van der Waals surface area contributed by atoms with E-state index in [1.807, 2.05) is 34.6 Å². The number of nitrogens with one attached hydrogen (secondary N) is 2. The van der Waals surface area contributed by atoms with E-state index >= 15 is 0 Å². The fraction of sp³-hybridized carbons (Fsp3) is 0.909. The van der Waals surface area contributed by atoms with Crippen molar-refractivity contribution in [3.05, 3.63) is 0 Å². The van der Waals surface area contributed by atoms with Gasteiger partial charge in [0.15, 0.2) is 0 Å². The zero-order valence-corrected chi connectivity index (χ0v) is 10.5. The summed E-state index contributed by atoms with van der Waals surface area (Å²) in [7, 11) is 0. The first-order valence-corrected chi connectivity index (χ1v) is 5.44. The van der Waals surface area contributed by atoms with Gasteiger partial charge < -0.3 is 15.4 Å². The summed E-state index contributed by atoms with van der Waals surface area (Å²) in [6.07, 6.45) is 0.246. The van der Waals surface area contributed by atoms with Gasteiger partial charge in [-0.1, -0.05) is 0 Å².